The van der Waals surface area contributed by atoms with Crippen LogP contribution in [0.4, 0.5) is 5.82 Å². The van der Waals surface area contributed by atoms with E-state index in [0.717, 1.165) is 5.39 Å². The molecule has 0 bridgehead atoms. The van der Waals surface area contributed by atoms with E-state index in [0.29, 0.717) is 57.5 Å². The Bertz CT molecular complexity index is 1290. The van der Waals surface area contributed by atoms with Gasteiger partial charge in [0.1, 0.15) is 17.8 Å². The van der Waals surface area contributed by atoms with Crippen LogP contribution in [0.5, 0.6) is 0 Å². The third kappa shape index (κ3) is 3.70. The number of aromatic amines is 1. The summed E-state index contributed by atoms with van der Waals surface area (Å²) < 4.78 is 6.78. The second-order valence-corrected chi connectivity index (χ2v) is 8.59. The fourth-order valence-electron chi connectivity index (χ4n) is 3.45. The number of anilines is 1. The maximum atomic E-state index is 12.4. The highest BCUT2D eigenvalue weighted by Gasteiger charge is 2.26. The van der Waals surface area contributed by atoms with Gasteiger partial charge in [-0.1, -0.05) is 17.7 Å². The van der Waals surface area contributed by atoms with E-state index in [1.807, 2.05) is 31.5 Å². The Morgan fingerprint density at radius 1 is 1.32 bits per heavy atom. The number of ether oxygens (including phenoxy) is 1. The highest BCUT2D eigenvalue weighted by Crippen LogP contribution is 2.39. The second kappa shape index (κ2) is 7.82. The van der Waals surface area contributed by atoms with Crippen LogP contribution in [0.2, 0.25) is 5.02 Å². The molecule has 0 aliphatic carbocycles. The van der Waals surface area contributed by atoms with Crippen molar-refractivity contribution in [2.24, 2.45) is 0 Å². The lowest BCUT2D eigenvalue weighted by molar-refractivity contribution is 0.0937. The van der Waals surface area contributed by atoms with Gasteiger partial charge in [-0.05, 0) is 32.9 Å². The van der Waals surface area contributed by atoms with Gasteiger partial charge in [0.25, 0.3) is 5.91 Å². The van der Waals surface area contributed by atoms with Crippen LogP contribution in [0.15, 0.2) is 24.5 Å². The Morgan fingerprint density at radius 2 is 2.10 bits per heavy atom. The number of H-pyrrole nitrogens is 1. The molecule has 4 aromatic rings. The number of nitrogens with one attached hydrogen (secondary N) is 2. The zero-order chi connectivity index (χ0) is 22.3. The molecule has 3 aromatic heterocycles. The molecule has 0 atom stereocenters. The predicted octanol–water partition coefficient (Wildman–Crippen LogP) is 3.34. The maximum Gasteiger partial charge on any atom is 0.251 e. The van der Waals surface area contributed by atoms with Gasteiger partial charge in [0.15, 0.2) is 5.65 Å². The van der Waals surface area contributed by atoms with Crippen LogP contribution >= 0.6 is 11.6 Å². The molecule has 0 saturated carbocycles. The van der Waals surface area contributed by atoms with Gasteiger partial charge in [-0.3, -0.25) is 4.79 Å². The molecule has 31 heavy (non-hydrogen) atoms. The number of carbonyl (C=O) groups is 1. The molecule has 9 nitrogen and oxygen atoms in total. The normalized spacial score (nSPS) is 12.0. The average molecular weight is 442 g/mol. The number of hydrogen-bond donors (Lipinski definition) is 3. The molecule has 0 fully saturated rings. The van der Waals surface area contributed by atoms with Crippen LogP contribution in [0.25, 0.3) is 33.3 Å². The van der Waals surface area contributed by atoms with Gasteiger partial charge in [0.2, 0.25) is 0 Å². The number of amides is 1. The van der Waals surface area contributed by atoms with E-state index in [1.165, 1.54) is 6.33 Å². The highest BCUT2D eigenvalue weighted by atomic mass is 35.5. The number of rotatable bonds is 5. The lowest BCUT2D eigenvalue weighted by Crippen LogP contribution is -2.26. The summed E-state index contributed by atoms with van der Waals surface area (Å²) in [4.78, 5) is 24.2. The summed E-state index contributed by atoms with van der Waals surface area (Å²) in [5.74, 6) is 0.134. The summed E-state index contributed by atoms with van der Waals surface area (Å²) in [6, 6.07) is 5.30. The van der Waals surface area contributed by atoms with Crippen LogP contribution in [0.3, 0.4) is 0 Å². The summed E-state index contributed by atoms with van der Waals surface area (Å²) in [5, 5.41) is 9.49. The standard InChI is InChI=1S/C21H24ClN7O2/c1-21(2,3)29-19-14(18(23)25-10-26-19)16(28-29)17-15(22)12-6-5-11(9-13(12)27-17)20(30)24-7-8-31-4/h5-6,9-10,27H,7-8H2,1-4H3,(H,24,30)(H2,23,25,26). The number of carbonyl (C=O) groups excluding carboxylic acids is 1. The minimum absolute atomic E-state index is 0.189. The summed E-state index contributed by atoms with van der Waals surface area (Å²) in [6.07, 6.45) is 1.42. The molecular weight excluding hydrogens is 418 g/mol. The molecule has 162 valence electrons. The van der Waals surface area contributed by atoms with Crippen molar-refractivity contribution in [3.05, 3.63) is 35.1 Å². The number of methoxy groups -OCH3 is 1. The topological polar surface area (TPSA) is 124 Å². The average Bonchev–Trinajstić information content (AvgIpc) is 3.27. The van der Waals surface area contributed by atoms with Gasteiger partial charge in [-0.25, -0.2) is 14.6 Å². The van der Waals surface area contributed by atoms with Crippen LogP contribution in [-0.2, 0) is 10.3 Å². The first kappa shape index (κ1) is 21.1. The Hall–Kier alpha value is -3.17. The van der Waals surface area contributed by atoms with Gasteiger partial charge in [-0.15, -0.1) is 0 Å². The molecule has 0 unspecified atom stereocenters. The molecule has 0 radical (unpaired) electrons. The molecule has 1 aromatic carbocycles. The molecular formula is C21H24ClN7O2. The summed E-state index contributed by atoms with van der Waals surface area (Å²) in [5.41, 5.74) is 8.89. The summed E-state index contributed by atoms with van der Waals surface area (Å²) in [6.45, 7) is 6.97. The molecule has 0 saturated heterocycles. The van der Waals surface area contributed by atoms with E-state index in [2.05, 4.69) is 20.3 Å². The Balaban J connectivity index is 1.85. The Kier molecular flexibility index (Phi) is 5.32. The summed E-state index contributed by atoms with van der Waals surface area (Å²) in [7, 11) is 1.59. The van der Waals surface area contributed by atoms with E-state index in [4.69, 9.17) is 27.2 Å². The van der Waals surface area contributed by atoms with Crippen molar-refractivity contribution in [1.29, 1.82) is 0 Å². The van der Waals surface area contributed by atoms with Gasteiger partial charge < -0.3 is 20.8 Å². The minimum Gasteiger partial charge on any atom is -0.383 e. The molecule has 0 aliphatic heterocycles. The number of fused-ring (bicyclic) bond motifs is 2. The molecule has 3 heterocycles. The zero-order valence-electron chi connectivity index (χ0n) is 17.8. The monoisotopic (exact) mass is 441 g/mol. The van der Waals surface area contributed by atoms with Crippen molar-refractivity contribution < 1.29 is 9.53 Å². The van der Waals surface area contributed by atoms with Gasteiger partial charge in [0.05, 0.1) is 28.2 Å². The van der Waals surface area contributed by atoms with E-state index in [9.17, 15) is 4.79 Å². The van der Waals surface area contributed by atoms with Crippen LogP contribution in [-0.4, -0.2) is 50.9 Å². The van der Waals surface area contributed by atoms with Crippen molar-refractivity contribution in [2.45, 2.75) is 26.3 Å². The molecule has 0 spiro atoms. The molecule has 10 heteroatoms. The van der Waals surface area contributed by atoms with Gasteiger partial charge in [0, 0.05) is 30.1 Å². The van der Waals surface area contributed by atoms with Crippen molar-refractivity contribution in [3.8, 4) is 11.4 Å². The number of benzene rings is 1. The smallest absolute Gasteiger partial charge is 0.251 e. The largest absolute Gasteiger partial charge is 0.383 e. The lowest BCUT2D eigenvalue weighted by Gasteiger charge is -2.19. The SMILES string of the molecule is COCCNC(=O)c1ccc2c(Cl)c(-c3nn(C(C)(C)C)c4ncnc(N)c34)[nH]c2c1. The zero-order valence-corrected chi connectivity index (χ0v) is 18.5. The van der Waals surface area contributed by atoms with Gasteiger partial charge in [-0.2, -0.15) is 5.10 Å². The number of aromatic nitrogens is 5. The van der Waals surface area contributed by atoms with E-state index < -0.39 is 0 Å². The van der Waals surface area contributed by atoms with E-state index in [-0.39, 0.29) is 11.4 Å². The van der Waals surface area contributed by atoms with Crippen LogP contribution in [0, 0.1) is 0 Å². The van der Waals surface area contributed by atoms with Crippen molar-refractivity contribution in [3.63, 3.8) is 0 Å². The fourth-order valence-corrected chi connectivity index (χ4v) is 3.76. The van der Waals surface area contributed by atoms with Crippen molar-refractivity contribution >= 4 is 45.3 Å². The minimum atomic E-state index is -0.330. The highest BCUT2D eigenvalue weighted by molar-refractivity contribution is 6.38. The Labute approximate surface area is 183 Å². The van der Waals surface area contributed by atoms with Crippen molar-refractivity contribution in [2.75, 3.05) is 26.0 Å². The first-order valence-corrected chi connectivity index (χ1v) is 10.2. The third-order valence-electron chi connectivity index (χ3n) is 4.96. The molecule has 4 rings (SSSR count). The number of hydrogen-bond acceptors (Lipinski definition) is 6. The Morgan fingerprint density at radius 3 is 2.81 bits per heavy atom. The number of nitrogens with zero attached hydrogens (tertiary/aromatic N) is 4. The van der Waals surface area contributed by atoms with Gasteiger partial charge >= 0.3 is 0 Å². The maximum absolute atomic E-state index is 12.4. The van der Waals surface area contributed by atoms with Crippen LogP contribution in [0.1, 0.15) is 31.1 Å². The molecule has 4 N–H and O–H groups in total. The second-order valence-electron chi connectivity index (χ2n) is 8.21. The number of nitrogens with two attached hydrogens (primary N) is 1. The first-order chi connectivity index (χ1) is 14.7. The summed E-state index contributed by atoms with van der Waals surface area (Å²) >= 11 is 6.72. The quantitative estimate of drug-likeness (QED) is 0.408. The number of nitrogen functional groups attached to an aromatic ring is 1. The molecule has 0 aliphatic rings. The number of halogens is 1. The van der Waals surface area contributed by atoms with Crippen molar-refractivity contribution in [1.82, 2.24) is 30.0 Å². The molecule has 1 amide bonds. The predicted molar refractivity (Wildman–Crippen MR) is 121 cm³/mol. The van der Waals surface area contributed by atoms with E-state index >= 15 is 0 Å². The van der Waals surface area contributed by atoms with Crippen LogP contribution < -0.4 is 11.1 Å². The van der Waals surface area contributed by atoms with E-state index in [1.54, 1.807) is 19.2 Å². The fraction of sp³-hybridized carbons (Fsp3) is 0.333. The lowest BCUT2D eigenvalue weighted by atomic mass is 10.1. The third-order valence-corrected chi connectivity index (χ3v) is 5.35. The first-order valence-electron chi connectivity index (χ1n) is 9.80.